The van der Waals surface area contributed by atoms with Crippen LogP contribution in [0.25, 0.3) is 16.5 Å². The molecule has 0 fully saturated rings. The van der Waals surface area contributed by atoms with E-state index in [1.165, 1.54) is 0 Å². The molecule has 0 aliphatic rings. The summed E-state index contributed by atoms with van der Waals surface area (Å²) in [5, 5.41) is 12.0. The van der Waals surface area contributed by atoms with Crippen LogP contribution in [-0.4, -0.2) is 4.57 Å². The highest BCUT2D eigenvalue weighted by Gasteiger charge is 2.13. The summed E-state index contributed by atoms with van der Waals surface area (Å²) in [5.74, 6) is 0. The van der Waals surface area contributed by atoms with E-state index in [-0.39, 0.29) is 0 Å². The maximum atomic E-state index is 9.41. The molecule has 0 aliphatic heterocycles. The first-order valence-corrected chi connectivity index (χ1v) is 6.62. The Balaban J connectivity index is 2.36. The number of benzene rings is 2. The second kappa shape index (κ2) is 4.75. The van der Waals surface area contributed by atoms with E-state index in [1.807, 2.05) is 30.5 Å². The second-order valence-electron chi connectivity index (χ2n) is 4.37. The smallest absolute Gasteiger partial charge is 0.132 e. The lowest BCUT2D eigenvalue weighted by Crippen LogP contribution is -2.01. The van der Waals surface area contributed by atoms with Gasteiger partial charge < -0.3 is 10.3 Å². The average Bonchev–Trinajstić information content (AvgIpc) is 2.81. The summed E-state index contributed by atoms with van der Waals surface area (Å²) in [6.45, 7) is 0. The highest BCUT2D eigenvalue weighted by molar-refractivity contribution is 6.42. The Morgan fingerprint density at radius 2 is 1.80 bits per heavy atom. The van der Waals surface area contributed by atoms with Gasteiger partial charge in [0, 0.05) is 17.0 Å². The van der Waals surface area contributed by atoms with Crippen LogP contribution in [-0.2, 0) is 0 Å². The van der Waals surface area contributed by atoms with Crippen LogP contribution in [0.1, 0.15) is 5.69 Å². The Bertz CT molecular complexity index is 859. The lowest BCUT2D eigenvalue weighted by Gasteiger charge is -2.10. The van der Waals surface area contributed by atoms with Crippen LogP contribution in [0.4, 0.5) is 5.69 Å². The maximum Gasteiger partial charge on any atom is 0.132 e. The fraction of sp³-hybridized carbons (Fsp3) is 0. The number of nitrogens with zero attached hydrogens (tertiary/aromatic N) is 2. The van der Waals surface area contributed by atoms with Crippen molar-refractivity contribution in [1.29, 1.82) is 5.26 Å². The van der Waals surface area contributed by atoms with Crippen molar-refractivity contribution in [2.75, 3.05) is 5.73 Å². The van der Waals surface area contributed by atoms with Gasteiger partial charge in [0.1, 0.15) is 11.8 Å². The molecule has 0 saturated heterocycles. The number of halogens is 2. The van der Waals surface area contributed by atoms with E-state index >= 15 is 0 Å². The largest absolute Gasteiger partial charge is 0.397 e. The van der Waals surface area contributed by atoms with Crippen LogP contribution in [0, 0.1) is 11.3 Å². The lowest BCUT2D eigenvalue weighted by molar-refractivity contribution is 1.06. The molecule has 0 aliphatic carbocycles. The summed E-state index contributed by atoms with van der Waals surface area (Å²) >= 11 is 12.0. The molecule has 3 nitrogen and oxygen atoms in total. The third-order valence-corrected chi connectivity index (χ3v) is 3.88. The van der Waals surface area contributed by atoms with E-state index in [9.17, 15) is 5.26 Å². The van der Waals surface area contributed by atoms with Gasteiger partial charge in [-0.2, -0.15) is 5.26 Å². The maximum absolute atomic E-state index is 9.41. The number of nitriles is 1. The molecule has 0 bridgehead atoms. The Labute approximate surface area is 125 Å². The van der Waals surface area contributed by atoms with Gasteiger partial charge in [-0.3, -0.25) is 0 Å². The zero-order valence-electron chi connectivity index (χ0n) is 10.3. The number of hydrogen-bond donors (Lipinski definition) is 1. The van der Waals surface area contributed by atoms with Crippen LogP contribution >= 0.6 is 23.2 Å². The lowest BCUT2D eigenvalue weighted by atomic mass is 10.2. The molecule has 2 aromatic carbocycles. The van der Waals surface area contributed by atoms with Crippen LogP contribution in [0.5, 0.6) is 0 Å². The molecular weight excluding hydrogens is 293 g/mol. The van der Waals surface area contributed by atoms with Crippen molar-refractivity contribution in [3.05, 3.63) is 58.3 Å². The van der Waals surface area contributed by atoms with Gasteiger partial charge in [0.05, 0.1) is 21.4 Å². The first-order valence-electron chi connectivity index (χ1n) is 5.87. The van der Waals surface area contributed by atoms with Gasteiger partial charge in [-0.25, -0.2) is 0 Å². The summed E-state index contributed by atoms with van der Waals surface area (Å²) in [4.78, 5) is 0. The number of aromatic nitrogens is 1. The summed E-state index contributed by atoms with van der Waals surface area (Å²) in [7, 11) is 0. The molecule has 98 valence electrons. The minimum Gasteiger partial charge on any atom is -0.397 e. The highest BCUT2D eigenvalue weighted by atomic mass is 35.5. The Morgan fingerprint density at radius 3 is 2.55 bits per heavy atom. The third-order valence-electron chi connectivity index (χ3n) is 3.16. The van der Waals surface area contributed by atoms with Crippen molar-refractivity contribution in [2.45, 2.75) is 0 Å². The number of anilines is 1. The molecule has 0 radical (unpaired) electrons. The van der Waals surface area contributed by atoms with Crippen LogP contribution in [0.3, 0.4) is 0 Å². The van der Waals surface area contributed by atoms with Gasteiger partial charge in [0.25, 0.3) is 0 Å². The summed E-state index contributed by atoms with van der Waals surface area (Å²) in [6, 6.07) is 13.1. The molecule has 0 atom stereocenters. The topological polar surface area (TPSA) is 54.7 Å². The molecule has 1 aromatic heterocycles. The van der Waals surface area contributed by atoms with Crippen molar-refractivity contribution in [3.63, 3.8) is 0 Å². The fourth-order valence-corrected chi connectivity index (χ4v) is 2.55. The molecule has 0 spiro atoms. The Hall–Kier alpha value is -2.15. The van der Waals surface area contributed by atoms with Crippen molar-refractivity contribution < 1.29 is 0 Å². The third kappa shape index (κ3) is 1.90. The summed E-state index contributed by atoms with van der Waals surface area (Å²) < 4.78 is 1.74. The predicted molar refractivity (Wildman–Crippen MR) is 82.4 cm³/mol. The second-order valence-corrected chi connectivity index (χ2v) is 5.19. The molecule has 5 heteroatoms. The molecule has 0 saturated carbocycles. The van der Waals surface area contributed by atoms with E-state index in [0.717, 1.165) is 10.8 Å². The summed E-state index contributed by atoms with van der Waals surface area (Å²) in [6.07, 6.45) is 1.86. The predicted octanol–water partition coefficient (Wildman–Crippen LogP) is 4.39. The quantitative estimate of drug-likeness (QED) is 0.678. The number of hydrogen-bond acceptors (Lipinski definition) is 2. The molecule has 1 heterocycles. The summed E-state index contributed by atoms with van der Waals surface area (Å²) in [5.41, 5.74) is 7.63. The standard InChI is InChI=1S/C15H9Cl2N3/c16-11-5-13(19)14(6-12(11)17)20-8-9-3-1-2-4-10(9)15(20)7-18/h1-6,8H,19H2. The Kier molecular flexibility index (Phi) is 3.06. The first-order chi connectivity index (χ1) is 9.61. The van der Waals surface area contributed by atoms with E-state index in [1.54, 1.807) is 16.7 Å². The Morgan fingerprint density at radius 1 is 1.10 bits per heavy atom. The van der Waals surface area contributed by atoms with Crippen LogP contribution < -0.4 is 5.73 Å². The van der Waals surface area contributed by atoms with Crippen molar-refractivity contribution in [1.82, 2.24) is 4.57 Å². The van der Waals surface area contributed by atoms with Gasteiger partial charge >= 0.3 is 0 Å². The van der Waals surface area contributed by atoms with Crippen molar-refractivity contribution in [3.8, 4) is 11.8 Å². The zero-order valence-corrected chi connectivity index (χ0v) is 11.8. The van der Waals surface area contributed by atoms with Gasteiger partial charge in [0.2, 0.25) is 0 Å². The van der Waals surface area contributed by atoms with Gasteiger partial charge in [-0.1, -0.05) is 47.5 Å². The molecule has 20 heavy (non-hydrogen) atoms. The van der Waals surface area contributed by atoms with Crippen LogP contribution in [0.15, 0.2) is 42.6 Å². The van der Waals surface area contributed by atoms with Gasteiger partial charge in [0.15, 0.2) is 0 Å². The number of nitrogens with two attached hydrogens (primary N) is 1. The van der Waals surface area contributed by atoms with Crippen molar-refractivity contribution in [2.24, 2.45) is 0 Å². The number of nitrogen functional groups attached to an aromatic ring is 1. The van der Waals surface area contributed by atoms with Gasteiger partial charge in [-0.05, 0) is 12.1 Å². The van der Waals surface area contributed by atoms with E-state index < -0.39 is 0 Å². The van der Waals surface area contributed by atoms with Crippen LogP contribution in [0.2, 0.25) is 10.0 Å². The molecule has 0 unspecified atom stereocenters. The molecule has 0 amide bonds. The monoisotopic (exact) mass is 301 g/mol. The molecule has 3 aromatic rings. The molecular formula is C15H9Cl2N3. The normalized spacial score (nSPS) is 10.7. The highest BCUT2D eigenvalue weighted by Crippen LogP contribution is 2.32. The van der Waals surface area contributed by atoms with Crippen molar-refractivity contribution >= 4 is 39.7 Å². The molecule has 2 N–H and O–H groups in total. The van der Waals surface area contributed by atoms with E-state index in [4.69, 9.17) is 28.9 Å². The zero-order chi connectivity index (χ0) is 14.3. The van der Waals surface area contributed by atoms with Gasteiger partial charge in [-0.15, -0.1) is 0 Å². The molecule has 3 rings (SSSR count). The number of rotatable bonds is 1. The number of fused-ring (bicyclic) bond motifs is 1. The SMILES string of the molecule is N#Cc1c2ccccc2cn1-c1cc(Cl)c(Cl)cc1N. The first kappa shape index (κ1) is 12.9. The van der Waals surface area contributed by atoms with E-state index in [2.05, 4.69) is 6.07 Å². The minimum absolute atomic E-state index is 0.392. The van der Waals surface area contributed by atoms with E-state index in [0.29, 0.717) is 27.1 Å². The average molecular weight is 302 g/mol. The fourth-order valence-electron chi connectivity index (χ4n) is 2.22. The minimum atomic E-state index is 0.392.